The summed E-state index contributed by atoms with van der Waals surface area (Å²) in [5.41, 5.74) is 0.428. The maximum atomic E-state index is 6.03. The molecule has 3 unspecified atom stereocenters. The van der Waals surface area contributed by atoms with Crippen molar-refractivity contribution in [1.82, 2.24) is 10.2 Å². The lowest BCUT2D eigenvalue weighted by Crippen LogP contribution is -2.55. The molecule has 3 nitrogen and oxygen atoms in total. The number of piperidine rings is 1. The minimum absolute atomic E-state index is 0.428. The molecule has 2 rings (SSSR count). The highest BCUT2D eigenvalue weighted by Crippen LogP contribution is 2.40. The van der Waals surface area contributed by atoms with Crippen LogP contribution in [0.25, 0.3) is 0 Å². The minimum Gasteiger partial charge on any atom is -0.377 e. The summed E-state index contributed by atoms with van der Waals surface area (Å²) < 4.78 is 6.03. The van der Waals surface area contributed by atoms with Gasteiger partial charge in [-0.3, -0.25) is 4.90 Å². The van der Waals surface area contributed by atoms with E-state index in [0.717, 1.165) is 26.1 Å². The smallest absolute Gasteiger partial charge is 0.0702 e. The lowest BCUT2D eigenvalue weighted by molar-refractivity contribution is -0.0172. The molecule has 1 aliphatic heterocycles. The standard InChI is InChI=1S/C18H36N2O/c1-5-11-19-17-16(9-10-18(17,3)4)20-12-7-8-15(14-20)21-13-6-2/h15-17,19H,5-14H2,1-4H3. The number of hydrogen-bond donors (Lipinski definition) is 1. The van der Waals surface area contributed by atoms with E-state index >= 15 is 0 Å². The average Bonchev–Trinajstić information content (AvgIpc) is 2.78. The van der Waals surface area contributed by atoms with Gasteiger partial charge in [0.1, 0.15) is 0 Å². The molecule has 2 fully saturated rings. The summed E-state index contributed by atoms with van der Waals surface area (Å²) in [6.45, 7) is 13.8. The normalized spacial score (nSPS) is 33.4. The molecule has 124 valence electrons. The van der Waals surface area contributed by atoms with Crippen LogP contribution in [-0.2, 0) is 4.74 Å². The SMILES string of the molecule is CCCNC1C(N2CCCC(OCCC)C2)CCC1(C)C. The Labute approximate surface area is 131 Å². The fraction of sp³-hybridized carbons (Fsp3) is 1.00. The predicted molar refractivity (Wildman–Crippen MR) is 89.7 cm³/mol. The Bertz CT molecular complexity index is 306. The zero-order chi connectivity index (χ0) is 15.3. The molecule has 0 aromatic carbocycles. The number of likely N-dealkylation sites (tertiary alicyclic amines) is 1. The summed E-state index contributed by atoms with van der Waals surface area (Å²) in [5, 5.41) is 3.84. The molecule has 1 heterocycles. The first-order valence-electron chi connectivity index (χ1n) is 9.17. The zero-order valence-electron chi connectivity index (χ0n) is 14.7. The van der Waals surface area contributed by atoms with Gasteiger partial charge in [0.2, 0.25) is 0 Å². The van der Waals surface area contributed by atoms with Crippen molar-refractivity contribution in [3.63, 3.8) is 0 Å². The van der Waals surface area contributed by atoms with Crippen molar-refractivity contribution in [3.05, 3.63) is 0 Å². The van der Waals surface area contributed by atoms with Gasteiger partial charge in [0.25, 0.3) is 0 Å². The number of rotatable bonds is 7. The number of ether oxygens (including phenoxy) is 1. The molecule has 0 radical (unpaired) electrons. The molecular formula is C18H36N2O. The maximum absolute atomic E-state index is 6.03. The van der Waals surface area contributed by atoms with Gasteiger partial charge in [0.15, 0.2) is 0 Å². The monoisotopic (exact) mass is 296 g/mol. The van der Waals surface area contributed by atoms with E-state index in [9.17, 15) is 0 Å². The Kier molecular flexibility index (Phi) is 6.51. The second-order valence-corrected chi connectivity index (χ2v) is 7.66. The quantitative estimate of drug-likeness (QED) is 0.779. The molecule has 0 bridgehead atoms. The van der Waals surface area contributed by atoms with E-state index in [1.54, 1.807) is 0 Å². The average molecular weight is 296 g/mol. The predicted octanol–water partition coefficient (Wildman–Crippen LogP) is 3.43. The van der Waals surface area contributed by atoms with Crippen LogP contribution in [0.2, 0.25) is 0 Å². The zero-order valence-corrected chi connectivity index (χ0v) is 14.7. The molecule has 2 aliphatic rings. The van der Waals surface area contributed by atoms with Crippen LogP contribution in [0.4, 0.5) is 0 Å². The first-order valence-corrected chi connectivity index (χ1v) is 9.17. The van der Waals surface area contributed by atoms with Crippen molar-refractivity contribution >= 4 is 0 Å². The van der Waals surface area contributed by atoms with Gasteiger partial charge < -0.3 is 10.1 Å². The lowest BCUT2D eigenvalue weighted by atomic mass is 9.86. The van der Waals surface area contributed by atoms with Crippen LogP contribution in [0, 0.1) is 5.41 Å². The summed E-state index contributed by atoms with van der Waals surface area (Å²) in [4.78, 5) is 2.73. The Balaban J connectivity index is 1.95. The van der Waals surface area contributed by atoms with Crippen LogP contribution >= 0.6 is 0 Å². The van der Waals surface area contributed by atoms with E-state index in [1.165, 1.54) is 38.6 Å². The van der Waals surface area contributed by atoms with Crippen LogP contribution in [0.15, 0.2) is 0 Å². The lowest BCUT2D eigenvalue weighted by Gasteiger charge is -2.41. The maximum Gasteiger partial charge on any atom is 0.0702 e. The first-order chi connectivity index (χ1) is 10.1. The van der Waals surface area contributed by atoms with Crippen molar-refractivity contribution in [3.8, 4) is 0 Å². The van der Waals surface area contributed by atoms with Crippen LogP contribution in [0.5, 0.6) is 0 Å². The van der Waals surface area contributed by atoms with Gasteiger partial charge in [0.05, 0.1) is 6.10 Å². The van der Waals surface area contributed by atoms with Crippen LogP contribution < -0.4 is 5.32 Å². The molecule has 1 N–H and O–H groups in total. The highest BCUT2D eigenvalue weighted by atomic mass is 16.5. The van der Waals surface area contributed by atoms with Gasteiger partial charge >= 0.3 is 0 Å². The Morgan fingerprint density at radius 1 is 1.19 bits per heavy atom. The van der Waals surface area contributed by atoms with Crippen LogP contribution in [0.1, 0.15) is 66.2 Å². The van der Waals surface area contributed by atoms with E-state index in [4.69, 9.17) is 4.74 Å². The fourth-order valence-corrected chi connectivity index (χ4v) is 4.16. The van der Waals surface area contributed by atoms with Crippen molar-refractivity contribution in [1.29, 1.82) is 0 Å². The van der Waals surface area contributed by atoms with E-state index in [0.29, 0.717) is 23.6 Å². The topological polar surface area (TPSA) is 24.5 Å². The van der Waals surface area contributed by atoms with Crippen molar-refractivity contribution in [2.75, 3.05) is 26.2 Å². The summed E-state index contributed by atoms with van der Waals surface area (Å²) in [6.07, 6.45) is 8.06. The highest BCUT2D eigenvalue weighted by molar-refractivity contribution is 5.01. The van der Waals surface area contributed by atoms with Crippen molar-refractivity contribution < 1.29 is 4.74 Å². The molecule has 0 spiro atoms. The summed E-state index contributed by atoms with van der Waals surface area (Å²) in [5.74, 6) is 0. The van der Waals surface area contributed by atoms with Gasteiger partial charge in [-0.25, -0.2) is 0 Å². The number of nitrogens with one attached hydrogen (secondary N) is 1. The van der Waals surface area contributed by atoms with Gasteiger partial charge in [-0.05, 0) is 57.0 Å². The van der Waals surface area contributed by atoms with E-state index < -0.39 is 0 Å². The molecule has 1 aliphatic carbocycles. The molecule has 0 amide bonds. The van der Waals surface area contributed by atoms with E-state index in [1.807, 2.05) is 0 Å². The largest absolute Gasteiger partial charge is 0.377 e. The summed E-state index contributed by atoms with van der Waals surface area (Å²) in [7, 11) is 0. The van der Waals surface area contributed by atoms with Gasteiger partial charge in [-0.15, -0.1) is 0 Å². The minimum atomic E-state index is 0.428. The highest BCUT2D eigenvalue weighted by Gasteiger charge is 2.44. The molecule has 1 saturated heterocycles. The summed E-state index contributed by atoms with van der Waals surface area (Å²) in [6, 6.07) is 1.35. The van der Waals surface area contributed by atoms with Crippen LogP contribution in [-0.4, -0.2) is 49.3 Å². The van der Waals surface area contributed by atoms with Gasteiger partial charge in [-0.2, -0.15) is 0 Å². The Morgan fingerprint density at radius 3 is 2.71 bits per heavy atom. The second kappa shape index (κ2) is 7.94. The second-order valence-electron chi connectivity index (χ2n) is 7.66. The third-order valence-electron chi connectivity index (χ3n) is 5.36. The Morgan fingerprint density at radius 2 is 2.00 bits per heavy atom. The Hall–Kier alpha value is -0.120. The molecule has 21 heavy (non-hydrogen) atoms. The van der Waals surface area contributed by atoms with E-state index in [2.05, 4.69) is 37.9 Å². The molecule has 0 aromatic heterocycles. The molecule has 3 atom stereocenters. The third-order valence-corrected chi connectivity index (χ3v) is 5.36. The first kappa shape index (κ1) is 17.2. The van der Waals surface area contributed by atoms with Crippen molar-refractivity contribution in [2.24, 2.45) is 5.41 Å². The molecule has 0 aromatic rings. The molecule has 3 heteroatoms. The number of hydrogen-bond acceptors (Lipinski definition) is 3. The fourth-order valence-electron chi connectivity index (χ4n) is 4.16. The summed E-state index contributed by atoms with van der Waals surface area (Å²) >= 11 is 0. The molecule has 1 saturated carbocycles. The van der Waals surface area contributed by atoms with Gasteiger partial charge in [-0.1, -0.05) is 27.7 Å². The third kappa shape index (κ3) is 4.43. The molecular weight excluding hydrogens is 260 g/mol. The number of nitrogens with zero attached hydrogens (tertiary/aromatic N) is 1. The van der Waals surface area contributed by atoms with Crippen LogP contribution in [0.3, 0.4) is 0 Å². The van der Waals surface area contributed by atoms with E-state index in [-0.39, 0.29) is 0 Å². The van der Waals surface area contributed by atoms with Gasteiger partial charge in [0, 0.05) is 25.2 Å². The van der Waals surface area contributed by atoms with Crippen molar-refractivity contribution in [2.45, 2.75) is 84.4 Å².